The van der Waals surface area contributed by atoms with E-state index in [4.69, 9.17) is 9.84 Å². The number of aryl methyl sites for hydroxylation is 1. The van der Waals surface area contributed by atoms with Crippen LogP contribution in [0.1, 0.15) is 22.5 Å². The minimum Gasteiger partial charge on any atom is -0.497 e. The Balaban J connectivity index is 2.31. The number of carbonyl (C=O) groups is 2. The van der Waals surface area contributed by atoms with Gasteiger partial charge in [0.1, 0.15) is 11.8 Å². The molecule has 25 heavy (non-hydrogen) atoms. The minimum absolute atomic E-state index is 0.00564. The van der Waals surface area contributed by atoms with E-state index in [1.165, 1.54) is 20.1 Å². The Morgan fingerprint density at radius 1 is 1.32 bits per heavy atom. The quantitative estimate of drug-likeness (QED) is 0.860. The number of alkyl halides is 3. The topological polar surface area (TPSA) is 88.5 Å². The Morgan fingerprint density at radius 2 is 2.00 bits per heavy atom. The maximum atomic E-state index is 12.4. The minimum atomic E-state index is -4.72. The van der Waals surface area contributed by atoms with Gasteiger partial charge >= 0.3 is 12.1 Å². The fourth-order valence-corrected chi connectivity index (χ4v) is 2.27. The van der Waals surface area contributed by atoms with Gasteiger partial charge in [-0.3, -0.25) is 9.78 Å². The Bertz CT molecular complexity index is 821. The molecule has 1 heterocycles. The third kappa shape index (κ3) is 4.59. The molecule has 2 aromatic rings. The molecule has 9 heteroatoms. The zero-order valence-corrected chi connectivity index (χ0v) is 13.3. The van der Waals surface area contributed by atoms with E-state index in [2.05, 4.69) is 4.98 Å². The molecule has 0 radical (unpaired) electrons. The van der Waals surface area contributed by atoms with Gasteiger partial charge in [-0.25, -0.2) is 4.79 Å². The zero-order chi connectivity index (χ0) is 18.8. The van der Waals surface area contributed by atoms with E-state index in [0.29, 0.717) is 16.7 Å². The molecule has 0 saturated carbocycles. The third-order valence-corrected chi connectivity index (χ3v) is 3.50. The van der Waals surface area contributed by atoms with Crippen molar-refractivity contribution in [3.8, 4) is 5.75 Å². The number of carboxylic acids is 1. The van der Waals surface area contributed by atoms with Gasteiger partial charge in [-0.1, -0.05) is 0 Å². The second-order valence-electron chi connectivity index (χ2n) is 5.36. The largest absolute Gasteiger partial charge is 0.497 e. The lowest BCUT2D eigenvalue weighted by molar-refractivity contribution is -0.157. The van der Waals surface area contributed by atoms with Crippen LogP contribution in [0.5, 0.6) is 5.75 Å². The molecule has 134 valence electrons. The van der Waals surface area contributed by atoms with Gasteiger partial charge in [0.05, 0.1) is 30.3 Å². The van der Waals surface area contributed by atoms with Crippen LogP contribution in [-0.2, 0) is 4.79 Å². The van der Waals surface area contributed by atoms with Crippen LogP contribution in [0.3, 0.4) is 0 Å². The first-order valence-electron chi connectivity index (χ1n) is 7.16. The number of carbonyl (C=O) groups excluding carboxylic acids is 1. The SMILES string of the molecule is COc1ccc2cc(C(=O)NC(CC(F)(F)F)C(=O)O)c(C)nc2c1. The second-order valence-corrected chi connectivity index (χ2v) is 5.36. The van der Waals surface area contributed by atoms with Gasteiger partial charge in [0.25, 0.3) is 5.91 Å². The van der Waals surface area contributed by atoms with E-state index in [1.54, 1.807) is 18.2 Å². The molecule has 1 aromatic heterocycles. The average Bonchev–Trinajstić information content (AvgIpc) is 2.51. The molecule has 0 spiro atoms. The highest BCUT2D eigenvalue weighted by molar-refractivity contribution is 6.00. The summed E-state index contributed by atoms with van der Waals surface area (Å²) in [6.45, 7) is 1.51. The summed E-state index contributed by atoms with van der Waals surface area (Å²) >= 11 is 0. The lowest BCUT2D eigenvalue weighted by Crippen LogP contribution is -2.43. The molecule has 2 rings (SSSR count). The molecule has 1 unspecified atom stereocenters. The van der Waals surface area contributed by atoms with Crippen molar-refractivity contribution in [2.75, 3.05) is 7.11 Å². The van der Waals surface area contributed by atoms with Gasteiger partial charge in [0, 0.05) is 11.5 Å². The van der Waals surface area contributed by atoms with E-state index < -0.39 is 30.5 Å². The highest BCUT2D eigenvalue weighted by Crippen LogP contribution is 2.24. The summed E-state index contributed by atoms with van der Waals surface area (Å²) in [5.74, 6) is -2.13. The molecular weight excluding hydrogens is 341 g/mol. The van der Waals surface area contributed by atoms with Crippen molar-refractivity contribution in [3.05, 3.63) is 35.5 Å². The van der Waals surface area contributed by atoms with Crippen molar-refractivity contribution < 1.29 is 32.6 Å². The van der Waals surface area contributed by atoms with Crippen molar-refractivity contribution in [1.29, 1.82) is 0 Å². The maximum absolute atomic E-state index is 12.4. The highest BCUT2D eigenvalue weighted by atomic mass is 19.4. The molecule has 0 aliphatic carbocycles. The molecule has 0 aliphatic heterocycles. The molecule has 0 fully saturated rings. The lowest BCUT2D eigenvalue weighted by atomic mass is 10.1. The number of hydrogen-bond acceptors (Lipinski definition) is 4. The second kappa shape index (κ2) is 6.96. The van der Waals surface area contributed by atoms with Crippen molar-refractivity contribution in [2.24, 2.45) is 0 Å². The molecule has 1 atom stereocenters. The van der Waals surface area contributed by atoms with Crippen LogP contribution in [0.15, 0.2) is 24.3 Å². The van der Waals surface area contributed by atoms with Crippen molar-refractivity contribution in [3.63, 3.8) is 0 Å². The fourth-order valence-electron chi connectivity index (χ4n) is 2.27. The lowest BCUT2D eigenvalue weighted by Gasteiger charge is -2.17. The Morgan fingerprint density at radius 3 is 2.56 bits per heavy atom. The number of halogens is 3. The first-order valence-corrected chi connectivity index (χ1v) is 7.16. The highest BCUT2D eigenvalue weighted by Gasteiger charge is 2.36. The van der Waals surface area contributed by atoms with E-state index >= 15 is 0 Å². The van der Waals surface area contributed by atoms with Crippen molar-refractivity contribution in [2.45, 2.75) is 25.6 Å². The number of hydrogen-bond donors (Lipinski definition) is 2. The van der Waals surface area contributed by atoms with Crippen LogP contribution in [0.2, 0.25) is 0 Å². The number of amides is 1. The van der Waals surface area contributed by atoms with Crippen LogP contribution in [0.4, 0.5) is 13.2 Å². The number of nitrogens with one attached hydrogen (secondary N) is 1. The summed E-state index contributed by atoms with van der Waals surface area (Å²) < 4.78 is 42.4. The van der Waals surface area contributed by atoms with Crippen molar-refractivity contribution in [1.82, 2.24) is 10.3 Å². The monoisotopic (exact) mass is 356 g/mol. The maximum Gasteiger partial charge on any atom is 0.391 e. The number of ether oxygens (including phenoxy) is 1. The number of benzene rings is 1. The molecule has 0 aliphatic rings. The molecule has 0 bridgehead atoms. The van der Waals surface area contributed by atoms with Crippen LogP contribution >= 0.6 is 0 Å². The predicted octanol–water partition coefficient (Wildman–Crippen LogP) is 2.69. The van der Waals surface area contributed by atoms with Gasteiger partial charge in [-0.15, -0.1) is 0 Å². The van der Waals surface area contributed by atoms with Gasteiger partial charge in [-0.2, -0.15) is 13.2 Å². The Hall–Kier alpha value is -2.84. The van der Waals surface area contributed by atoms with E-state index in [1.807, 2.05) is 5.32 Å². The van der Waals surface area contributed by atoms with Gasteiger partial charge in [-0.05, 0) is 25.1 Å². The van der Waals surface area contributed by atoms with E-state index in [9.17, 15) is 22.8 Å². The van der Waals surface area contributed by atoms with Crippen LogP contribution in [0.25, 0.3) is 10.9 Å². The molecule has 1 amide bonds. The Labute approximate surface area is 140 Å². The number of fused-ring (bicyclic) bond motifs is 1. The number of carboxylic acid groups (broad SMARTS) is 1. The van der Waals surface area contributed by atoms with Crippen molar-refractivity contribution >= 4 is 22.8 Å². The summed E-state index contributed by atoms with van der Waals surface area (Å²) in [5, 5.41) is 11.3. The number of rotatable bonds is 5. The third-order valence-electron chi connectivity index (χ3n) is 3.50. The number of aromatic nitrogens is 1. The van der Waals surface area contributed by atoms with E-state index in [0.717, 1.165) is 0 Å². The fraction of sp³-hybridized carbons (Fsp3) is 0.312. The van der Waals surface area contributed by atoms with Gasteiger partial charge in [0.2, 0.25) is 0 Å². The predicted molar refractivity (Wildman–Crippen MR) is 82.6 cm³/mol. The van der Waals surface area contributed by atoms with Crippen LogP contribution in [0, 0.1) is 6.92 Å². The summed E-state index contributed by atoms with van der Waals surface area (Å²) in [6, 6.07) is 4.30. The number of pyridine rings is 1. The molecule has 6 nitrogen and oxygen atoms in total. The summed E-state index contributed by atoms with van der Waals surface area (Å²) in [4.78, 5) is 27.4. The molecule has 1 aromatic carbocycles. The average molecular weight is 356 g/mol. The van der Waals surface area contributed by atoms with Gasteiger partial charge < -0.3 is 15.2 Å². The smallest absolute Gasteiger partial charge is 0.391 e. The Kier molecular flexibility index (Phi) is 5.15. The standard InChI is InChI=1S/C16H15F3N2O4/c1-8-11(5-9-3-4-10(25-2)6-12(9)20-8)14(22)21-13(15(23)24)7-16(17,18)19/h3-6,13H,7H2,1-2H3,(H,21,22)(H,23,24). The first-order chi connectivity index (χ1) is 11.6. The van der Waals surface area contributed by atoms with Crippen LogP contribution < -0.4 is 10.1 Å². The summed E-state index contributed by atoms with van der Waals surface area (Å²) in [7, 11) is 1.49. The number of aliphatic carboxylic acids is 1. The summed E-state index contributed by atoms with van der Waals surface area (Å²) in [5.41, 5.74) is 0.805. The first kappa shape index (κ1) is 18.5. The zero-order valence-electron chi connectivity index (χ0n) is 13.3. The summed E-state index contributed by atoms with van der Waals surface area (Å²) in [6.07, 6.45) is -6.38. The molecule has 2 N–H and O–H groups in total. The number of nitrogens with zero attached hydrogens (tertiary/aromatic N) is 1. The molecular formula is C16H15F3N2O4. The number of methoxy groups -OCH3 is 1. The van der Waals surface area contributed by atoms with E-state index in [-0.39, 0.29) is 11.3 Å². The normalized spacial score (nSPS) is 12.7. The van der Waals surface area contributed by atoms with Crippen LogP contribution in [-0.4, -0.2) is 41.3 Å². The van der Waals surface area contributed by atoms with Gasteiger partial charge in [0.15, 0.2) is 0 Å². The molecule has 0 saturated heterocycles.